The van der Waals surface area contributed by atoms with Gasteiger partial charge in [-0.25, -0.2) is 0 Å². The number of hydrogen-bond donors (Lipinski definition) is 1. The van der Waals surface area contributed by atoms with Crippen molar-refractivity contribution >= 4 is 5.91 Å². The molecule has 1 aliphatic rings. The lowest BCUT2D eigenvalue weighted by molar-refractivity contribution is 0.0743. The van der Waals surface area contributed by atoms with Crippen LogP contribution in [0.2, 0.25) is 0 Å². The van der Waals surface area contributed by atoms with Crippen LogP contribution in [-0.2, 0) is 6.54 Å². The summed E-state index contributed by atoms with van der Waals surface area (Å²) in [6.45, 7) is 5.50. The van der Waals surface area contributed by atoms with E-state index in [0.29, 0.717) is 24.1 Å². The van der Waals surface area contributed by atoms with E-state index in [9.17, 15) is 4.79 Å². The molecule has 1 aliphatic heterocycles. The fourth-order valence-corrected chi connectivity index (χ4v) is 2.47. The molecular formula is C13H19N3O. The number of nitrogens with two attached hydrogens (primary N) is 1. The number of likely N-dealkylation sites (tertiary alicyclic amines) is 1. The molecule has 2 heterocycles. The second-order valence-corrected chi connectivity index (χ2v) is 4.89. The standard InChI is InChI=1S/C13H19N3O/c1-9-5-10(2)16(8-9)13(17)11-3-4-15-12(6-11)7-14/h3-4,6,9-10H,5,7-8,14H2,1-2H3. The van der Waals surface area contributed by atoms with Crippen LogP contribution in [0.15, 0.2) is 18.3 Å². The van der Waals surface area contributed by atoms with E-state index < -0.39 is 0 Å². The van der Waals surface area contributed by atoms with Gasteiger partial charge in [-0.15, -0.1) is 0 Å². The number of carbonyl (C=O) groups is 1. The molecule has 0 spiro atoms. The first-order chi connectivity index (χ1) is 8.11. The summed E-state index contributed by atoms with van der Waals surface area (Å²) in [6, 6.07) is 3.88. The summed E-state index contributed by atoms with van der Waals surface area (Å²) in [5.74, 6) is 0.684. The van der Waals surface area contributed by atoms with E-state index in [2.05, 4.69) is 18.8 Å². The highest BCUT2D eigenvalue weighted by atomic mass is 16.2. The van der Waals surface area contributed by atoms with Crippen molar-refractivity contribution in [2.75, 3.05) is 6.54 Å². The molecule has 2 atom stereocenters. The average molecular weight is 233 g/mol. The number of amides is 1. The van der Waals surface area contributed by atoms with Crippen molar-refractivity contribution in [3.8, 4) is 0 Å². The van der Waals surface area contributed by atoms with Crippen LogP contribution in [0.3, 0.4) is 0 Å². The molecule has 92 valence electrons. The third-order valence-corrected chi connectivity index (χ3v) is 3.32. The maximum absolute atomic E-state index is 12.3. The molecule has 2 unspecified atom stereocenters. The molecule has 1 amide bonds. The summed E-state index contributed by atoms with van der Waals surface area (Å²) in [6.07, 6.45) is 2.74. The first kappa shape index (κ1) is 12.0. The monoisotopic (exact) mass is 233 g/mol. The topological polar surface area (TPSA) is 59.2 Å². The van der Waals surface area contributed by atoms with Crippen molar-refractivity contribution in [2.45, 2.75) is 32.9 Å². The lowest BCUT2D eigenvalue weighted by Gasteiger charge is -2.21. The molecule has 1 fully saturated rings. The Morgan fingerprint density at radius 2 is 2.35 bits per heavy atom. The van der Waals surface area contributed by atoms with Gasteiger partial charge in [0.05, 0.1) is 5.69 Å². The average Bonchev–Trinajstić information content (AvgIpc) is 2.67. The van der Waals surface area contributed by atoms with Crippen LogP contribution < -0.4 is 5.73 Å². The molecule has 0 saturated carbocycles. The number of nitrogens with zero attached hydrogens (tertiary/aromatic N) is 2. The minimum Gasteiger partial charge on any atom is -0.336 e. The number of carbonyl (C=O) groups excluding carboxylic acids is 1. The molecule has 2 rings (SSSR count). The van der Waals surface area contributed by atoms with Gasteiger partial charge >= 0.3 is 0 Å². The summed E-state index contributed by atoms with van der Waals surface area (Å²) in [4.78, 5) is 18.4. The largest absolute Gasteiger partial charge is 0.336 e. The van der Waals surface area contributed by atoms with E-state index >= 15 is 0 Å². The zero-order chi connectivity index (χ0) is 12.4. The van der Waals surface area contributed by atoms with Crippen molar-refractivity contribution < 1.29 is 4.79 Å². The molecule has 1 aromatic heterocycles. The Morgan fingerprint density at radius 1 is 1.59 bits per heavy atom. The summed E-state index contributed by atoms with van der Waals surface area (Å²) >= 11 is 0. The zero-order valence-electron chi connectivity index (χ0n) is 10.4. The Balaban J connectivity index is 2.19. The Hall–Kier alpha value is -1.42. The van der Waals surface area contributed by atoms with Gasteiger partial charge in [-0.2, -0.15) is 0 Å². The molecular weight excluding hydrogens is 214 g/mol. The van der Waals surface area contributed by atoms with Crippen molar-refractivity contribution in [2.24, 2.45) is 11.7 Å². The molecule has 4 nitrogen and oxygen atoms in total. The molecule has 1 aromatic rings. The number of pyridine rings is 1. The van der Waals surface area contributed by atoms with Gasteiger partial charge < -0.3 is 10.6 Å². The minimum atomic E-state index is 0.0963. The predicted molar refractivity (Wildman–Crippen MR) is 66.4 cm³/mol. The Bertz CT molecular complexity index is 419. The maximum atomic E-state index is 12.3. The van der Waals surface area contributed by atoms with Gasteiger partial charge in [0.15, 0.2) is 0 Å². The van der Waals surface area contributed by atoms with Crippen LogP contribution >= 0.6 is 0 Å². The maximum Gasteiger partial charge on any atom is 0.254 e. The van der Waals surface area contributed by atoms with Gasteiger partial charge in [-0.05, 0) is 31.4 Å². The zero-order valence-corrected chi connectivity index (χ0v) is 10.4. The summed E-state index contributed by atoms with van der Waals surface area (Å²) < 4.78 is 0. The van der Waals surface area contributed by atoms with Crippen LogP contribution in [0.25, 0.3) is 0 Å². The number of rotatable bonds is 2. The van der Waals surface area contributed by atoms with E-state index in [1.807, 2.05) is 4.90 Å². The van der Waals surface area contributed by atoms with Crippen LogP contribution in [0.1, 0.15) is 36.3 Å². The molecule has 0 aromatic carbocycles. The molecule has 1 saturated heterocycles. The third kappa shape index (κ3) is 2.47. The van der Waals surface area contributed by atoms with Gasteiger partial charge in [0, 0.05) is 30.9 Å². The number of aromatic nitrogens is 1. The van der Waals surface area contributed by atoms with Crippen LogP contribution in [0, 0.1) is 5.92 Å². The SMILES string of the molecule is CC1CC(C)N(C(=O)c2ccnc(CN)c2)C1. The quantitative estimate of drug-likeness (QED) is 0.840. The molecule has 17 heavy (non-hydrogen) atoms. The van der Waals surface area contributed by atoms with E-state index in [4.69, 9.17) is 5.73 Å². The Labute approximate surface area is 102 Å². The van der Waals surface area contributed by atoms with Crippen LogP contribution in [0.5, 0.6) is 0 Å². The van der Waals surface area contributed by atoms with Crippen molar-refractivity contribution in [3.05, 3.63) is 29.6 Å². The van der Waals surface area contributed by atoms with Gasteiger partial charge in [-0.3, -0.25) is 9.78 Å². The highest BCUT2D eigenvalue weighted by Gasteiger charge is 2.30. The van der Waals surface area contributed by atoms with Gasteiger partial charge in [0.25, 0.3) is 5.91 Å². The highest BCUT2D eigenvalue weighted by molar-refractivity contribution is 5.94. The normalized spacial score (nSPS) is 24.1. The third-order valence-electron chi connectivity index (χ3n) is 3.32. The summed E-state index contributed by atoms with van der Waals surface area (Å²) in [7, 11) is 0. The van der Waals surface area contributed by atoms with Crippen LogP contribution in [0.4, 0.5) is 0 Å². The molecule has 2 N–H and O–H groups in total. The first-order valence-electron chi connectivity index (χ1n) is 6.07. The summed E-state index contributed by atoms with van der Waals surface area (Å²) in [5, 5.41) is 0. The highest BCUT2D eigenvalue weighted by Crippen LogP contribution is 2.24. The smallest absolute Gasteiger partial charge is 0.254 e. The number of hydrogen-bond acceptors (Lipinski definition) is 3. The van der Waals surface area contributed by atoms with Crippen molar-refractivity contribution in [3.63, 3.8) is 0 Å². The predicted octanol–water partition coefficient (Wildman–Crippen LogP) is 1.41. The van der Waals surface area contributed by atoms with E-state index in [1.54, 1.807) is 18.3 Å². The van der Waals surface area contributed by atoms with Crippen molar-refractivity contribution in [1.29, 1.82) is 0 Å². The van der Waals surface area contributed by atoms with E-state index in [0.717, 1.165) is 18.7 Å². The lowest BCUT2D eigenvalue weighted by Crippen LogP contribution is -2.34. The van der Waals surface area contributed by atoms with E-state index in [-0.39, 0.29) is 5.91 Å². The second-order valence-electron chi connectivity index (χ2n) is 4.89. The lowest BCUT2D eigenvalue weighted by atomic mass is 10.1. The summed E-state index contributed by atoms with van der Waals surface area (Å²) in [5.41, 5.74) is 6.99. The molecule has 4 heteroatoms. The Morgan fingerprint density at radius 3 is 2.94 bits per heavy atom. The van der Waals surface area contributed by atoms with Gasteiger partial charge in [0.1, 0.15) is 0 Å². The van der Waals surface area contributed by atoms with Crippen molar-refractivity contribution in [1.82, 2.24) is 9.88 Å². The fraction of sp³-hybridized carbons (Fsp3) is 0.538. The molecule has 0 aliphatic carbocycles. The molecule has 0 radical (unpaired) electrons. The minimum absolute atomic E-state index is 0.0963. The van der Waals surface area contributed by atoms with E-state index in [1.165, 1.54) is 0 Å². The van der Waals surface area contributed by atoms with Crippen LogP contribution in [-0.4, -0.2) is 28.4 Å². The first-order valence-corrected chi connectivity index (χ1v) is 6.07. The van der Waals surface area contributed by atoms with Gasteiger partial charge in [0.2, 0.25) is 0 Å². The molecule has 0 bridgehead atoms. The second kappa shape index (κ2) is 4.84. The fourth-order valence-electron chi connectivity index (χ4n) is 2.47. The van der Waals surface area contributed by atoms with Gasteiger partial charge in [-0.1, -0.05) is 6.92 Å². The Kier molecular flexibility index (Phi) is 3.43.